The second-order valence-corrected chi connectivity index (χ2v) is 5.55. The molecule has 0 saturated carbocycles. The number of rotatable bonds is 12. The van der Waals surface area contributed by atoms with Crippen LogP contribution in [0.1, 0.15) is 34.6 Å². The molecule has 5 heteroatoms. The summed E-state index contributed by atoms with van der Waals surface area (Å²) < 4.78 is 5.21. The fraction of sp³-hybridized carbons (Fsp3) is 0.364. The molecule has 0 spiro atoms. The van der Waals surface area contributed by atoms with Gasteiger partial charge in [-0.15, -0.1) is 0 Å². The summed E-state index contributed by atoms with van der Waals surface area (Å²) in [4.78, 5) is 12.3. The van der Waals surface area contributed by atoms with Crippen molar-refractivity contribution in [1.82, 2.24) is 10.6 Å². The van der Waals surface area contributed by atoms with Gasteiger partial charge in [0.05, 0.1) is 12.3 Å². The highest BCUT2D eigenvalue weighted by Crippen LogP contribution is 2.17. The molecule has 0 aromatic carbocycles. The highest BCUT2D eigenvalue weighted by atomic mass is 16.5. The fourth-order valence-corrected chi connectivity index (χ4v) is 2.13. The SMILES string of the molecule is C=CC(=C\C=C/C)/C(NC(/C=C\C)=C/C)=C(\C)C(=N)C(=O)NCCOCC. The zero-order valence-electron chi connectivity index (χ0n) is 17.2. The van der Waals surface area contributed by atoms with Crippen molar-refractivity contribution >= 4 is 11.6 Å². The summed E-state index contributed by atoms with van der Waals surface area (Å²) in [5.74, 6) is -0.436. The third kappa shape index (κ3) is 9.01. The molecule has 5 nitrogen and oxygen atoms in total. The van der Waals surface area contributed by atoms with Crippen molar-refractivity contribution in [3.63, 3.8) is 0 Å². The standard InChI is InChI=1S/C22H33N3O2/c1-7-12-14-18(9-3)21(25-19(10-4)13-8-2)17(6)20(23)22(26)24-15-16-27-11-5/h7-10,12-14,23,25H,3,11,15-16H2,1-2,4-6H3,(H,24,26)/b12-7-,13-8-,18-14+,19-10+,21-17-,23-20?. The molecule has 27 heavy (non-hydrogen) atoms. The maximum Gasteiger partial charge on any atom is 0.269 e. The number of carbonyl (C=O) groups excluding carboxylic acids is 1. The van der Waals surface area contributed by atoms with Crippen molar-refractivity contribution in [3.05, 3.63) is 71.7 Å². The number of nitrogens with one attached hydrogen (secondary N) is 3. The Morgan fingerprint density at radius 1 is 1.22 bits per heavy atom. The van der Waals surface area contributed by atoms with E-state index in [1.54, 1.807) is 13.0 Å². The summed E-state index contributed by atoms with van der Waals surface area (Å²) >= 11 is 0. The van der Waals surface area contributed by atoms with E-state index in [1.807, 2.05) is 64.2 Å². The van der Waals surface area contributed by atoms with Crippen LogP contribution in [0, 0.1) is 5.41 Å². The minimum Gasteiger partial charge on any atom is -0.380 e. The number of hydrogen-bond acceptors (Lipinski definition) is 4. The van der Waals surface area contributed by atoms with E-state index in [9.17, 15) is 4.79 Å². The normalized spacial score (nSPS) is 13.7. The number of amides is 1. The predicted octanol–water partition coefficient (Wildman–Crippen LogP) is 4.19. The predicted molar refractivity (Wildman–Crippen MR) is 115 cm³/mol. The van der Waals surface area contributed by atoms with E-state index in [0.717, 1.165) is 11.3 Å². The zero-order chi connectivity index (χ0) is 20.7. The first kappa shape index (κ1) is 24.3. The fourth-order valence-electron chi connectivity index (χ4n) is 2.13. The van der Waals surface area contributed by atoms with Gasteiger partial charge in [0.1, 0.15) is 5.71 Å². The zero-order valence-corrected chi connectivity index (χ0v) is 17.2. The van der Waals surface area contributed by atoms with Gasteiger partial charge in [-0.3, -0.25) is 10.2 Å². The molecule has 0 aliphatic rings. The van der Waals surface area contributed by atoms with Crippen molar-refractivity contribution in [3.8, 4) is 0 Å². The topological polar surface area (TPSA) is 74.2 Å². The Morgan fingerprint density at radius 2 is 1.93 bits per heavy atom. The highest BCUT2D eigenvalue weighted by Gasteiger charge is 2.17. The Bertz CT molecular complexity index is 665. The lowest BCUT2D eigenvalue weighted by Gasteiger charge is -2.17. The Morgan fingerprint density at radius 3 is 2.44 bits per heavy atom. The van der Waals surface area contributed by atoms with E-state index in [2.05, 4.69) is 17.2 Å². The van der Waals surface area contributed by atoms with Gasteiger partial charge in [-0.25, -0.2) is 0 Å². The van der Waals surface area contributed by atoms with Gasteiger partial charge in [0.15, 0.2) is 0 Å². The van der Waals surface area contributed by atoms with Crippen molar-refractivity contribution < 1.29 is 9.53 Å². The van der Waals surface area contributed by atoms with Crippen molar-refractivity contribution in [1.29, 1.82) is 5.41 Å². The molecule has 0 unspecified atom stereocenters. The van der Waals surface area contributed by atoms with Crippen LogP contribution >= 0.6 is 0 Å². The molecule has 0 aromatic rings. The molecule has 0 atom stereocenters. The van der Waals surface area contributed by atoms with Crippen LogP contribution in [0.15, 0.2) is 71.7 Å². The number of hydrogen-bond donors (Lipinski definition) is 3. The summed E-state index contributed by atoms with van der Waals surface area (Å²) in [6.45, 7) is 14.7. The van der Waals surface area contributed by atoms with Gasteiger partial charge in [-0.1, -0.05) is 43.0 Å². The van der Waals surface area contributed by atoms with Crippen LogP contribution in [0.25, 0.3) is 0 Å². The Hall–Kier alpha value is -2.66. The molecule has 3 N–H and O–H groups in total. The molecular weight excluding hydrogens is 338 g/mol. The van der Waals surface area contributed by atoms with Crippen LogP contribution in [0.3, 0.4) is 0 Å². The summed E-state index contributed by atoms with van der Waals surface area (Å²) in [6.07, 6.45) is 13.2. The second kappa shape index (κ2) is 14.5. The van der Waals surface area contributed by atoms with Gasteiger partial charge in [-0.2, -0.15) is 0 Å². The largest absolute Gasteiger partial charge is 0.380 e. The maximum absolute atomic E-state index is 12.3. The molecule has 0 bridgehead atoms. The Labute approximate surface area is 163 Å². The summed E-state index contributed by atoms with van der Waals surface area (Å²) in [5.41, 5.74) is 2.76. The van der Waals surface area contributed by atoms with E-state index in [1.165, 1.54) is 0 Å². The summed E-state index contributed by atoms with van der Waals surface area (Å²) in [6, 6.07) is 0. The molecule has 148 valence electrons. The first-order valence-corrected chi connectivity index (χ1v) is 9.14. The quantitative estimate of drug-likeness (QED) is 0.273. The van der Waals surface area contributed by atoms with Gasteiger partial charge in [0, 0.05) is 24.4 Å². The first-order chi connectivity index (χ1) is 13.0. The molecule has 0 aromatic heterocycles. The van der Waals surface area contributed by atoms with Crippen LogP contribution in [0.5, 0.6) is 0 Å². The Balaban J connectivity index is 5.80. The van der Waals surface area contributed by atoms with Crippen LogP contribution in [-0.4, -0.2) is 31.4 Å². The summed E-state index contributed by atoms with van der Waals surface area (Å²) in [7, 11) is 0. The van der Waals surface area contributed by atoms with Gasteiger partial charge in [0.2, 0.25) is 0 Å². The van der Waals surface area contributed by atoms with Gasteiger partial charge < -0.3 is 15.4 Å². The average molecular weight is 372 g/mol. The van der Waals surface area contributed by atoms with Crippen molar-refractivity contribution in [2.75, 3.05) is 19.8 Å². The Kier molecular flexibility index (Phi) is 13.1. The summed E-state index contributed by atoms with van der Waals surface area (Å²) in [5, 5.41) is 14.3. The van der Waals surface area contributed by atoms with E-state index in [4.69, 9.17) is 10.1 Å². The van der Waals surface area contributed by atoms with Crippen molar-refractivity contribution in [2.45, 2.75) is 34.6 Å². The van der Waals surface area contributed by atoms with Crippen molar-refractivity contribution in [2.24, 2.45) is 0 Å². The second-order valence-electron chi connectivity index (χ2n) is 5.55. The molecule has 0 radical (unpaired) electrons. The molecular formula is C22H33N3O2. The van der Waals surface area contributed by atoms with Crippen LogP contribution in [0.4, 0.5) is 0 Å². The lowest BCUT2D eigenvalue weighted by atomic mass is 10.0. The third-order valence-electron chi connectivity index (χ3n) is 3.62. The first-order valence-electron chi connectivity index (χ1n) is 9.14. The number of ether oxygens (including phenoxy) is 1. The molecule has 0 aliphatic carbocycles. The van der Waals surface area contributed by atoms with Crippen LogP contribution < -0.4 is 10.6 Å². The van der Waals surface area contributed by atoms with E-state index < -0.39 is 5.91 Å². The lowest BCUT2D eigenvalue weighted by molar-refractivity contribution is -0.115. The van der Waals surface area contributed by atoms with Crippen LogP contribution in [-0.2, 0) is 9.53 Å². The number of carbonyl (C=O) groups is 1. The van der Waals surface area contributed by atoms with E-state index in [-0.39, 0.29) is 5.71 Å². The van der Waals surface area contributed by atoms with E-state index >= 15 is 0 Å². The molecule has 1 amide bonds. The molecule has 0 saturated heterocycles. The minimum atomic E-state index is -0.436. The molecule has 0 rings (SSSR count). The van der Waals surface area contributed by atoms with E-state index in [0.29, 0.717) is 31.0 Å². The average Bonchev–Trinajstić information content (AvgIpc) is 2.68. The van der Waals surface area contributed by atoms with Crippen LogP contribution in [0.2, 0.25) is 0 Å². The van der Waals surface area contributed by atoms with Gasteiger partial charge >= 0.3 is 0 Å². The maximum atomic E-state index is 12.3. The lowest BCUT2D eigenvalue weighted by Crippen LogP contribution is -2.34. The third-order valence-corrected chi connectivity index (χ3v) is 3.62. The van der Waals surface area contributed by atoms with Gasteiger partial charge in [-0.05, 0) is 46.3 Å². The minimum absolute atomic E-state index is 0.0989. The molecule has 0 heterocycles. The molecule has 0 fully saturated rings. The molecule has 0 aliphatic heterocycles. The highest BCUT2D eigenvalue weighted by molar-refractivity contribution is 6.44. The van der Waals surface area contributed by atoms with Gasteiger partial charge in [0.25, 0.3) is 5.91 Å². The smallest absolute Gasteiger partial charge is 0.269 e. The number of allylic oxidation sites excluding steroid dienone is 7. The monoisotopic (exact) mass is 371 g/mol.